The van der Waals surface area contributed by atoms with Crippen molar-refractivity contribution in [3.63, 3.8) is 0 Å². The summed E-state index contributed by atoms with van der Waals surface area (Å²) in [7, 11) is 0. The van der Waals surface area contributed by atoms with Gasteiger partial charge in [0.1, 0.15) is 11.6 Å². The van der Waals surface area contributed by atoms with Crippen molar-refractivity contribution in [2.45, 2.75) is 18.6 Å². The number of nitrogens with zero attached hydrogens (tertiary/aromatic N) is 3. The number of hydrogen-bond donors (Lipinski definition) is 2. The standard InChI is InChI=1S/C14H17N5OS/c1-2-20-10-3-4-11-12(9-10)17-14(16-11)21-8-7-19-6-5-13(15)18-19/h3-6,9H,2,7-8H2,1H3,(H2,15,18)(H,16,17). The first-order chi connectivity index (χ1) is 10.2. The van der Waals surface area contributed by atoms with Crippen LogP contribution in [-0.4, -0.2) is 32.1 Å². The predicted molar refractivity (Wildman–Crippen MR) is 84.6 cm³/mol. The van der Waals surface area contributed by atoms with Crippen LogP contribution in [0.25, 0.3) is 11.0 Å². The molecule has 1 aromatic carbocycles. The lowest BCUT2D eigenvalue weighted by Crippen LogP contribution is -2.01. The van der Waals surface area contributed by atoms with E-state index in [4.69, 9.17) is 10.5 Å². The molecule has 6 nitrogen and oxygen atoms in total. The lowest BCUT2D eigenvalue weighted by atomic mass is 10.3. The number of hydrogen-bond acceptors (Lipinski definition) is 5. The zero-order valence-corrected chi connectivity index (χ0v) is 12.6. The Morgan fingerprint density at radius 3 is 3.05 bits per heavy atom. The van der Waals surface area contributed by atoms with E-state index in [9.17, 15) is 0 Å². The molecule has 0 unspecified atom stereocenters. The Hall–Kier alpha value is -2.15. The Kier molecular flexibility index (Phi) is 4.01. The number of aromatic nitrogens is 4. The molecule has 3 rings (SSSR count). The highest BCUT2D eigenvalue weighted by Crippen LogP contribution is 2.23. The van der Waals surface area contributed by atoms with Crippen molar-refractivity contribution in [3.05, 3.63) is 30.5 Å². The van der Waals surface area contributed by atoms with Crippen LogP contribution in [0.2, 0.25) is 0 Å². The quantitative estimate of drug-likeness (QED) is 0.684. The average Bonchev–Trinajstić information content (AvgIpc) is 3.05. The van der Waals surface area contributed by atoms with Crippen molar-refractivity contribution in [1.82, 2.24) is 19.7 Å². The number of thioether (sulfide) groups is 1. The summed E-state index contributed by atoms with van der Waals surface area (Å²) < 4.78 is 7.32. The van der Waals surface area contributed by atoms with Gasteiger partial charge in [-0.15, -0.1) is 0 Å². The molecule has 0 radical (unpaired) electrons. The second-order valence-corrected chi connectivity index (χ2v) is 5.59. The fourth-order valence-corrected chi connectivity index (χ4v) is 2.84. The van der Waals surface area contributed by atoms with Crippen LogP contribution in [0.3, 0.4) is 0 Å². The number of aryl methyl sites for hydroxylation is 1. The first-order valence-corrected chi connectivity index (χ1v) is 7.77. The van der Waals surface area contributed by atoms with Crippen molar-refractivity contribution in [2.24, 2.45) is 0 Å². The maximum Gasteiger partial charge on any atom is 0.166 e. The number of imidazole rings is 1. The third-order valence-electron chi connectivity index (χ3n) is 2.96. The van der Waals surface area contributed by atoms with Crippen LogP contribution >= 0.6 is 11.8 Å². The smallest absolute Gasteiger partial charge is 0.166 e. The van der Waals surface area contributed by atoms with Crippen molar-refractivity contribution >= 4 is 28.6 Å². The SMILES string of the molecule is CCOc1ccc2nc(SCCn3ccc(N)n3)[nH]c2c1. The van der Waals surface area contributed by atoms with Crippen LogP contribution in [-0.2, 0) is 6.54 Å². The van der Waals surface area contributed by atoms with Gasteiger partial charge in [0.15, 0.2) is 5.16 Å². The lowest BCUT2D eigenvalue weighted by Gasteiger charge is -2.00. The Balaban J connectivity index is 1.64. The fourth-order valence-electron chi connectivity index (χ4n) is 2.03. The number of benzene rings is 1. The van der Waals surface area contributed by atoms with Crippen LogP contribution in [0.4, 0.5) is 5.82 Å². The first kappa shape index (κ1) is 13.8. The number of nitrogens with one attached hydrogen (secondary N) is 1. The highest BCUT2D eigenvalue weighted by atomic mass is 32.2. The highest BCUT2D eigenvalue weighted by Gasteiger charge is 2.05. The number of nitrogen functional groups attached to an aromatic ring is 1. The minimum absolute atomic E-state index is 0.548. The van der Waals surface area contributed by atoms with E-state index in [0.29, 0.717) is 12.4 Å². The van der Waals surface area contributed by atoms with Crippen LogP contribution in [0.15, 0.2) is 35.6 Å². The number of anilines is 1. The van der Waals surface area contributed by atoms with Crippen LogP contribution < -0.4 is 10.5 Å². The molecule has 21 heavy (non-hydrogen) atoms. The number of fused-ring (bicyclic) bond motifs is 1. The normalized spacial score (nSPS) is 11.1. The van der Waals surface area contributed by atoms with Gasteiger partial charge in [-0.1, -0.05) is 11.8 Å². The van der Waals surface area contributed by atoms with Gasteiger partial charge < -0.3 is 15.5 Å². The van der Waals surface area contributed by atoms with Gasteiger partial charge in [-0.05, 0) is 25.1 Å². The molecule has 110 valence electrons. The van der Waals surface area contributed by atoms with Crippen LogP contribution in [0.5, 0.6) is 5.75 Å². The molecule has 0 fully saturated rings. The van der Waals surface area contributed by atoms with E-state index < -0.39 is 0 Å². The molecule has 0 aliphatic carbocycles. The Labute approximate surface area is 126 Å². The molecule has 2 heterocycles. The summed E-state index contributed by atoms with van der Waals surface area (Å²) in [5.41, 5.74) is 7.52. The molecule has 0 saturated carbocycles. The van der Waals surface area contributed by atoms with E-state index in [1.165, 1.54) is 0 Å². The van der Waals surface area contributed by atoms with Gasteiger partial charge in [-0.25, -0.2) is 4.98 Å². The molecule has 3 aromatic rings. The topological polar surface area (TPSA) is 81.8 Å². The van der Waals surface area contributed by atoms with Gasteiger partial charge in [0, 0.05) is 18.0 Å². The zero-order chi connectivity index (χ0) is 14.7. The molecular formula is C14H17N5OS. The predicted octanol–water partition coefficient (Wildman–Crippen LogP) is 2.53. The van der Waals surface area contributed by atoms with Crippen molar-refractivity contribution < 1.29 is 4.74 Å². The largest absolute Gasteiger partial charge is 0.494 e. The summed E-state index contributed by atoms with van der Waals surface area (Å²) in [4.78, 5) is 7.85. The monoisotopic (exact) mass is 303 g/mol. The summed E-state index contributed by atoms with van der Waals surface area (Å²) in [5, 5.41) is 5.05. The Morgan fingerprint density at radius 2 is 2.29 bits per heavy atom. The number of nitrogens with two attached hydrogens (primary N) is 1. The van der Waals surface area contributed by atoms with E-state index in [2.05, 4.69) is 15.1 Å². The van der Waals surface area contributed by atoms with Gasteiger partial charge in [0.25, 0.3) is 0 Å². The Bertz CT molecular complexity index is 736. The molecular weight excluding hydrogens is 286 g/mol. The van der Waals surface area contributed by atoms with E-state index in [0.717, 1.165) is 34.2 Å². The molecule has 0 atom stereocenters. The van der Waals surface area contributed by atoms with E-state index in [1.807, 2.05) is 36.0 Å². The van der Waals surface area contributed by atoms with Crippen LogP contribution in [0.1, 0.15) is 6.92 Å². The fraction of sp³-hybridized carbons (Fsp3) is 0.286. The molecule has 0 bridgehead atoms. The number of aromatic amines is 1. The lowest BCUT2D eigenvalue weighted by molar-refractivity contribution is 0.340. The Morgan fingerprint density at radius 1 is 1.38 bits per heavy atom. The molecule has 7 heteroatoms. The molecule has 0 aliphatic heterocycles. The summed E-state index contributed by atoms with van der Waals surface area (Å²) >= 11 is 1.66. The third kappa shape index (κ3) is 3.30. The summed E-state index contributed by atoms with van der Waals surface area (Å²) in [6.07, 6.45) is 1.88. The zero-order valence-electron chi connectivity index (χ0n) is 11.7. The molecule has 0 amide bonds. The number of rotatable bonds is 6. The minimum atomic E-state index is 0.548. The molecule has 0 spiro atoms. The van der Waals surface area contributed by atoms with Crippen molar-refractivity contribution in [1.29, 1.82) is 0 Å². The summed E-state index contributed by atoms with van der Waals surface area (Å²) in [6, 6.07) is 7.67. The number of H-pyrrole nitrogens is 1. The van der Waals surface area contributed by atoms with Crippen molar-refractivity contribution in [3.8, 4) is 5.75 Å². The van der Waals surface area contributed by atoms with Gasteiger partial charge in [-0.3, -0.25) is 4.68 Å². The van der Waals surface area contributed by atoms with Crippen molar-refractivity contribution in [2.75, 3.05) is 18.1 Å². The maximum absolute atomic E-state index is 5.58. The second-order valence-electron chi connectivity index (χ2n) is 4.51. The number of ether oxygens (including phenoxy) is 1. The molecule has 2 aromatic heterocycles. The van der Waals surface area contributed by atoms with E-state index in [-0.39, 0.29) is 0 Å². The van der Waals surface area contributed by atoms with Gasteiger partial charge >= 0.3 is 0 Å². The van der Waals surface area contributed by atoms with Gasteiger partial charge in [0.05, 0.1) is 24.2 Å². The minimum Gasteiger partial charge on any atom is -0.494 e. The molecule has 0 aliphatic rings. The van der Waals surface area contributed by atoms with Crippen LogP contribution in [0, 0.1) is 0 Å². The molecule has 0 saturated heterocycles. The summed E-state index contributed by atoms with van der Waals surface area (Å²) in [5.74, 6) is 2.28. The van der Waals surface area contributed by atoms with Gasteiger partial charge in [0.2, 0.25) is 0 Å². The average molecular weight is 303 g/mol. The maximum atomic E-state index is 5.58. The molecule has 3 N–H and O–H groups in total. The summed E-state index contributed by atoms with van der Waals surface area (Å²) in [6.45, 7) is 3.43. The third-order valence-corrected chi connectivity index (χ3v) is 3.82. The van der Waals surface area contributed by atoms with Gasteiger partial charge in [-0.2, -0.15) is 5.10 Å². The van der Waals surface area contributed by atoms with E-state index in [1.54, 1.807) is 17.8 Å². The first-order valence-electron chi connectivity index (χ1n) is 6.79. The second kappa shape index (κ2) is 6.09. The van der Waals surface area contributed by atoms with E-state index >= 15 is 0 Å². The highest BCUT2D eigenvalue weighted by molar-refractivity contribution is 7.99.